The molecule has 0 spiro atoms. The van der Waals surface area contributed by atoms with Crippen molar-refractivity contribution in [3.05, 3.63) is 63.9 Å². The van der Waals surface area contributed by atoms with Gasteiger partial charge in [0.1, 0.15) is 10.9 Å². The highest BCUT2D eigenvalue weighted by Gasteiger charge is 2.46. The first kappa shape index (κ1) is 26.6. The molecule has 1 aliphatic heterocycles. The van der Waals surface area contributed by atoms with Gasteiger partial charge in [0.25, 0.3) is 5.91 Å². The Labute approximate surface area is 210 Å². The van der Waals surface area contributed by atoms with Crippen molar-refractivity contribution in [2.75, 3.05) is 4.90 Å². The van der Waals surface area contributed by atoms with E-state index in [-0.39, 0.29) is 18.0 Å². The average Bonchev–Trinajstić information content (AvgIpc) is 3.36. The fraction of sp³-hybridized carbons (Fsp3) is 0.444. The van der Waals surface area contributed by atoms with E-state index in [0.29, 0.717) is 36.2 Å². The van der Waals surface area contributed by atoms with Crippen LogP contribution in [0.3, 0.4) is 0 Å². The Morgan fingerprint density at radius 1 is 1.11 bits per heavy atom. The number of anilines is 1. The van der Waals surface area contributed by atoms with E-state index in [0.717, 1.165) is 28.9 Å². The van der Waals surface area contributed by atoms with Gasteiger partial charge in [-0.25, -0.2) is 9.59 Å². The molecule has 0 aliphatic carbocycles. The number of thiophene rings is 1. The summed E-state index contributed by atoms with van der Waals surface area (Å²) in [6.07, 6.45) is 3.51. The fourth-order valence-electron chi connectivity index (χ4n) is 4.35. The molecule has 0 bridgehead atoms. The van der Waals surface area contributed by atoms with Crippen molar-refractivity contribution in [3.8, 4) is 0 Å². The molecule has 3 amide bonds. The number of urea groups is 1. The number of benzene rings is 1. The van der Waals surface area contributed by atoms with Crippen LogP contribution < -0.4 is 4.90 Å². The second-order valence-corrected chi connectivity index (χ2v) is 10.6. The van der Waals surface area contributed by atoms with Gasteiger partial charge in [-0.2, -0.15) is 0 Å². The molecule has 7 nitrogen and oxygen atoms in total. The van der Waals surface area contributed by atoms with Crippen molar-refractivity contribution in [1.29, 1.82) is 0 Å². The molecule has 2 N–H and O–H groups in total. The maximum atomic E-state index is 13.2. The Balaban J connectivity index is 1.72. The number of amides is 3. The zero-order valence-electron chi connectivity index (χ0n) is 20.6. The number of rotatable bonds is 12. The van der Waals surface area contributed by atoms with E-state index in [1.165, 1.54) is 16.2 Å². The summed E-state index contributed by atoms with van der Waals surface area (Å²) in [5.74, 6) is -1.16. The van der Waals surface area contributed by atoms with Crippen molar-refractivity contribution >= 4 is 34.9 Å². The standard InChI is InChI=1S/C27H34N2O5S/c1-17(2)7-5-10-23(30)19-11-13-20(14-12-19)29-22(25(31)28(18(3)4)27(29)34)9-6-8-21-15-16-24(35-21)26(32)33/h11-16,18,22-23,30H,1,5-10H2,2-4H3,(H,32,33). The highest BCUT2D eigenvalue weighted by atomic mass is 32.1. The fourth-order valence-corrected chi connectivity index (χ4v) is 5.24. The topological polar surface area (TPSA) is 98.2 Å². The first-order valence-corrected chi connectivity index (χ1v) is 12.8. The van der Waals surface area contributed by atoms with Crippen molar-refractivity contribution in [3.63, 3.8) is 0 Å². The Kier molecular flexibility index (Phi) is 8.86. The molecule has 1 aliphatic rings. The van der Waals surface area contributed by atoms with Crippen molar-refractivity contribution < 1.29 is 24.6 Å². The van der Waals surface area contributed by atoms with E-state index in [2.05, 4.69) is 6.58 Å². The molecule has 2 atom stereocenters. The van der Waals surface area contributed by atoms with Crippen LogP contribution in [0.2, 0.25) is 0 Å². The summed E-state index contributed by atoms with van der Waals surface area (Å²) in [5.41, 5.74) is 2.49. The molecule has 1 saturated heterocycles. The van der Waals surface area contributed by atoms with E-state index in [4.69, 9.17) is 5.11 Å². The van der Waals surface area contributed by atoms with Gasteiger partial charge in [0.15, 0.2) is 0 Å². The quantitative estimate of drug-likeness (QED) is 0.285. The molecule has 1 fully saturated rings. The van der Waals surface area contributed by atoms with Crippen molar-refractivity contribution in [1.82, 2.24) is 4.90 Å². The highest BCUT2D eigenvalue weighted by molar-refractivity contribution is 7.13. The number of hydrogen-bond donors (Lipinski definition) is 2. The monoisotopic (exact) mass is 498 g/mol. The summed E-state index contributed by atoms with van der Waals surface area (Å²) in [6.45, 7) is 9.50. The Bertz CT molecular complexity index is 1080. The van der Waals surface area contributed by atoms with Crippen molar-refractivity contribution in [2.45, 2.75) is 77.5 Å². The van der Waals surface area contributed by atoms with Crippen LogP contribution >= 0.6 is 11.3 Å². The van der Waals surface area contributed by atoms with Crippen LogP contribution in [0.15, 0.2) is 48.6 Å². The number of allylic oxidation sites excluding steroid dienone is 1. The maximum Gasteiger partial charge on any atom is 0.345 e. The molecule has 35 heavy (non-hydrogen) atoms. The van der Waals surface area contributed by atoms with Gasteiger partial charge in [-0.15, -0.1) is 17.9 Å². The molecule has 188 valence electrons. The second-order valence-electron chi connectivity index (χ2n) is 9.39. The predicted molar refractivity (Wildman–Crippen MR) is 138 cm³/mol. The van der Waals surface area contributed by atoms with Crippen LogP contribution in [-0.4, -0.2) is 45.1 Å². The molecule has 1 aromatic carbocycles. The minimum atomic E-state index is -0.944. The van der Waals surface area contributed by atoms with Gasteiger partial charge in [-0.3, -0.25) is 14.6 Å². The number of carboxylic acids is 1. The zero-order chi connectivity index (χ0) is 25.7. The van der Waals surface area contributed by atoms with Gasteiger partial charge in [0.05, 0.1) is 6.10 Å². The lowest BCUT2D eigenvalue weighted by Gasteiger charge is -2.23. The van der Waals surface area contributed by atoms with E-state index >= 15 is 0 Å². The molecule has 8 heteroatoms. The van der Waals surface area contributed by atoms with Gasteiger partial charge in [0.2, 0.25) is 0 Å². The third kappa shape index (κ3) is 6.38. The number of imide groups is 1. The lowest BCUT2D eigenvalue weighted by Crippen LogP contribution is -2.38. The molecule has 0 saturated carbocycles. The van der Waals surface area contributed by atoms with Crippen LogP contribution in [0.1, 0.15) is 79.1 Å². The Hall–Kier alpha value is -2.97. The summed E-state index contributed by atoms with van der Waals surface area (Å²) in [6, 6.07) is 9.38. The van der Waals surface area contributed by atoms with E-state index in [1.807, 2.05) is 32.9 Å². The molecule has 2 unspecified atom stereocenters. The third-order valence-corrected chi connectivity index (χ3v) is 7.31. The summed E-state index contributed by atoms with van der Waals surface area (Å²) < 4.78 is 0. The second kappa shape index (κ2) is 11.6. The zero-order valence-corrected chi connectivity index (χ0v) is 21.4. The van der Waals surface area contributed by atoms with E-state index in [9.17, 15) is 19.5 Å². The molecule has 0 radical (unpaired) electrons. The van der Waals surface area contributed by atoms with Crippen LogP contribution in [-0.2, 0) is 11.2 Å². The van der Waals surface area contributed by atoms with Gasteiger partial charge < -0.3 is 10.2 Å². The number of aliphatic hydroxyl groups is 1. The summed E-state index contributed by atoms with van der Waals surface area (Å²) >= 11 is 1.23. The van der Waals surface area contributed by atoms with Crippen LogP contribution in [0.5, 0.6) is 0 Å². The largest absolute Gasteiger partial charge is 0.477 e. The molecule has 2 heterocycles. The smallest absolute Gasteiger partial charge is 0.345 e. The van der Waals surface area contributed by atoms with Crippen molar-refractivity contribution in [2.24, 2.45) is 0 Å². The summed E-state index contributed by atoms with van der Waals surface area (Å²) in [4.78, 5) is 41.6. The minimum Gasteiger partial charge on any atom is -0.477 e. The normalized spacial score (nSPS) is 16.9. The maximum absolute atomic E-state index is 13.2. The lowest BCUT2D eigenvalue weighted by atomic mass is 10.0. The molecular weight excluding hydrogens is 464 g/mol. The molecule has 2 aromatic rings. The lowest BCUT2D eigenvalue weighted by molar-refractivity contribution is -0.128. The van der Waals surface area contributed by atoms with Gasteiger partial charge in [-0.05, 0) is 89.1 Å². The molecule has 1 aromatic heterocycles. The number of aliphatic hydroxyl groups excluding tert-OH is 1. The number of carbonyl (C=O) groups is 3. The van der Waals surface area contributed by atoms with Gasteiger partial charge >= 0.3 is 12.0 Å². The van der Waals surface area contributed by atoms with E-state index < -0.39 is 18.1 Å². The number of carbonyl (C=O) groups excluding carboxylic acids is 2. The van der Waals surface area contributed by atoms with Gasteiger partial charge in [-0.1, -0.05) is 17.7 Å². The third-order valence-electron chi connectivity index (χ3n) is 6.17. The number of aromatic carboxylic acids is 1. The summed E-state index contributed by atoms with van der Waals surface area (Å²) in [7, 11) is 0. The Morgan fingerprint density at radius 2 is 1.80 bits per heavy atom. The predicted octanol–water partition coefficient (Wildman–Crippen LogP) is 5.79. The number of carboxylic acid groups (broad SMARTS) is 1. The van der Waals surface area contributed by atoms with Crippen LogP contribution in [0.25, 0.3) is 0 Å². The minimum absolute atomic E-state index is 0.216. The SMILES string of the molecule is C=C(C)CCCC(O)c1ccc(N2C(=O)N(C(C)C)C(=O)C2CCCc2ccc(C(=O)O)s2)cc1. The number of hydrogen-bond acceptors (Lipinski definition) is 5. The molecule has 3 rings (SSSR count). The highest BCUT2D eigenvalue weighted by Crippen LogP contribution is 2.32. The average molecular weight is 499 g/mol. The Morgan fingerprint density at radius 3 is 2.37 bits per heavy atom. The number of aryl methyl sites for hydroxylation is 1. The van der Waals surface area contributed by atoms with Crippen LogP contribution in [0, 0.1) is 0 Å². The first-order chi connectivity index (χ1) is 16.6. The number of nitrogens with zero attached hydrogens (tertiary/aromatic N) is 2. The van der Waals surface area contributed by atoms with E-state index in [1.54, 1.807) is 29.2 Å². The van der Waals surface area contributed by atoms with Gasteiger partial charge in [0, 0.05) is 16.6 Å². The first-order valence-electron chi connectivity index (χ1n) is 12.0. The van der Waals surface area contributed by atoms with Crippen LogP contribution in [0.4, 0.5) is 10.5 Å². The summed E-state index contributed by atoms with van der Waals surface area (Å²) in [5, 5.41) is 19.6. The molecular formula is C27H34N2O5S.